The molecule has 1 unspecified atom stereocenters. The Bertz CT molecular complexity index is 807. The van der Waals surface area contributed by atoms with E-state index in [9.17, 15) is 9.59 Å². The van der Waals surface area contributed by atoms with Gasteiger partial charge >= 0.3 is 5.97 Å². The third kappa shape index (κ3) is 3.73. The molecule has 0 radical (unpaired) electrons. The zero-order valence-corrected chi connectivity index (χ0v) is 15.0. The van der Waals surface area contributed by atoms with Gasteiger partial charge in [-0.2, -0.15) is 0 Å². The highest BCUT2D eigenvalue weighted by molar-refractivity contribution is 6.33. The summed E-state index contributed by atoms with van der Waals surface area (Å²) in [6.45, 7) is 2.31. The second-order valence-corrected chi connectivity index (χ2v) is 5.71. The standard InChI is InChI=1S/C16H17ClN4O3.ClH/c1-2-24-16(23)14-15(22)20-11-5-10(17)13(6-12(11)19-14)21-4-3-9(7-18)8-21;/h3-6,8,14,19H,2,7,18H2,1H3,(H,20,22);1H. The zero-order chi connectivity index (χ0) is 17.3. The van der Waals surface area contributed by atoms with Gasteiger partial charge in [0.05, 0.1) is 28.7 Å². The molecule has 1 aromatic heterocycles. The van der Waals surface area contributed by atoms with Crippen molar-refractivity contribution in [3.05, 3.63) is 41.2 Å². The van der Waals surface area contributed by atoms with E-state index in [1.165, 1.54) is 0 Å². The van der Waals surface area contributed by atoms with Crippen LogP contribution in [-0.4, -0.2) is 29.1 Å². The summed E-state index contributed by atoms with van der Waals surface area (Å²) in [7, 11) is 0. The molecule has 7 nitrogen and oxygen atoms in total. The summed E-state index contributed by atoms with van der Waals surface area (Å²) in [5.74, 6) is -1.10. The first-order valence-electron chi connectivity index (χ1n) is 7.48. The lowest BCUT2D eigenvalue weighted by Crippen LogP contribution is -2.45. The number of nitrogens with two attached hydrogens (primary N) is 1. The van der Waals surface area contributed by atoms with E-state index in [1.54, 1.807) is 19.1 Å². The number of aromatic nitrogens is 1. The molecule has 2 aromatic rings. The van der Waals surface area contributed by atoms with Gasteiger partial charge < -0.3 is 25.7 Å². The zero-order valence-electron chi connectivity index (χ0n) is 13.4. The second-order valence-electron chi connectivity index (χ2n) is 5.30. The van der Waals surface area contributed by atoms with E-state index in [4.69, 9.17) is 22.1 Å². The molecule has 25 heavy (non-hydrogen) atoms. The van der Waals surface area contributed by atoms with Crippen LogP contribution in [0.25, 0.3) is 5.69 Å². The Balaban J connectivity index is 0.00000225. The van der Waals surface area contributed by atoms with Gasteiger partial charge in [0.2, 0.25) is 6.04 Å². The van der Waals surface area contributed by atoms with Crippen molar-refractivity contribution in [2.24, 2.45) is 5.73 Å². The van der Waals surface area contributed by atoms with Crippen molar-refractivity contribution in [3.63, 3.8) is 0 Å². The number of hydrogen-bond acceptors (Lipinski definition) is 5. The summed E-state index contributed by atoms with van der Waals surface area (Å²) < 4.78 is 6.75. The number of hydrogen-bond donors (Lipinski definition) is 3. The minimum Gasteiger partial charge on any atom is -0.464 e. The molecule has 2 heterocycles. The lowest BCUT2D eigenvalue weighted by molar-refractivity contribution is -0.146. The summed E-state index contributed by atoms with van der Waals surface area (Å²) in [6, 6.07) is 4.21. The first-order valence-corrected chi connectivity index (χ1v) is 7.86. The molecule has 4 N–H and O–H groups in total. The highest BCUT2D eigenvalue weighted by atomic mass is 35.5. The number of benzene rings is 1. The molecule has 1 aliphatic heterocycles. The topological polar surface area (TPSA) is 98.4 Å². The van der Waals surface area contributed by atoms with E-state index >= 15 is 0 Å². The van der Waals surface area contributed by atoms with Crippen LogP contribution in [-0.2, 0) is 20.9 Å². The Morgan fingerprint density at radius 1 is 1.40 bits per heavy atom. The van der Waals surface area contributed by atoms with Crippen LogP contribution >= 0.6 is 24.0 Å². The third-order valence-corrected chi connectivity index (χ3v) is 4.00. The molecular weight excluding hydrogens is 367 g/mol. The Morgan fingerprint density at radius 2 is 2.16 bits per heavy atom. The molecule has 0 saturated carbocycles. The van der Waals surface area contributed by atoms with Crippen LogP contribution in [0.15, 0.2) is 30.6 Å². The van der Waals surface area contributed by atoms with E-state index < -0.39 is 17.9 Å². The fourth-order valence-electron chi connectivity index (χ4n) is 2.51. The third-order valence-electron chi connectivity index (χ3n) is 3.70. The highest BCUT2D eigenvalue weighted by Gasteiger charge is 2.33. The maximum Gasteiger partial charge on any atom is 0.338 e. The molecule has 0 saturated heterocycles. The molecule has 1 amide bonds. The molecular formula is C16H18Cl2N4O3. The normalized spacial score (nSPS) is 15.5. The van der Waals surface area contributed by atoms with Crippen molar-refractivity contribution in [2.45, 2.75) is 19.5 Å². The fourth-order valence-corrected chi connectivity index (χ4v) is 2.77. The van der Waals surface area contributed by atoms with Crippen molar-refractivity contribution in [1.82, 2.24) is 4.57 Å². The van der Waals surface area contributed by atoms with Crippen LogP contribution in [0, 0.1) is 0 Å². The number of carbonyl (C=O) groups excluding carboxylic acids is 2. The van der Waals surface area contributed by atoms with Gasteiger partial charge in [-0.1, -0.05) is 11.6 Å². The Labute approximate surface area is 155 Å². The summed E-state index contributed by atoms with van der Waals surface area (Å²) in [5, 5.41) is 6.04. The summed E-state index contributed by atoms with van der Waals surface area (Å²) >= 11 is 6.32. The van der Waals surface area contributed by atoms with Crippen molar-refractivity contribution < 1.29 is 14.3 Å². The molecule has 134 valence electrons. The van der Waals surface area contributed by atoms with Gasteiger partial charge in [0.25, 0.3) is 5.91 Å². The maximum atomic E-state index is 12.0. The number of carbonyl (C=O) groups is 2. The number of esters is 1. The minimum atomic E-state index is -1.09. The lowest BCUT2D eigenvalue weighted by Gasteiger charge is -2.26. The molecule has 1 atom stereocenters. The predicted molar refractivity (Wildman–Crippen MR) is 98.6 cm³/mol. The average Bonchev–Trinajstić information content (AvgIpc) is 3.02. The Morgan fingerprint density at radius 3 is 2.80 bits per heavy atom. The molecule has 0 bridgehead atoms. The molecule has 0 fully saturated rings. The van der Waals surface area contributed by atoms with Gasteiger partial charge in [-0.15, -0.1) is 12.4 Å². The number of fused-ring (bicyclic) bond motifs is 1. The molecule has 0 spiro atoms. The fraction of sp³-hybridized carbons (Fsp3) is 0.250. The van der Waals surface area contributed by atoms with Crippen molar-refractivity contribution in [1.29, 1.82) is 0 Å². The van der Waals surface area contributed by atoms with Gasteiger partial charge in [0.1, 0.15) is 0 Å². The van der Waals surface area contributed by atoms with Gasteiger partial charge in [0.15, 0.2) is 0 Å². The van der Waals surface area contributed by atoms with E-state index in [2.05, 4.69) is 10.6 Å². The number of nitrogens with one attached hydrogen (secondary N) is 2. The summed E-state index contributed by atoms with van der Waals surface area (Å²) in [6.07, 6.45) is 3.72. The summed E-state index contributed by atoms with van der Waals surface area (Å²) in [4.78, 5) is 23.9. The number of halogens is 2. The summed E-state index contributed by atoms with van der Waals surface area (Å²) in [5.41, 5.74) is 8.41. The highest BCUT2D eigenvalue weighted by Crippen LogP contribution is 2.35. The van der Waals surface area contributed by atoms with Crippen LogP contribution < -0.4 is 16.4 Å². The van der Waals surface area contributed by atoms with Crippen LogP contribution in [0.4, 0.5) is 11.4 Å². The molecule has 1 aliphatic rings. The van der Waals surface area contributed by atoms with Crippen molar-refractivity contribution in [3.8, 4) is 5.69 Å². The second kappa shape index (κ2) is 7.77. The minimum absolute atomic E-state index is 0. The first-order chi connectivity index (χ1) is 11.5. The number of anilines is 2. The Kier molecular flexibility index (Phi) is 5.94. The van der Waals surface area contributed by atoms with Gasteiger partial charge in [-0.25, -0.2) is 4.79 Å². The van der Waals surface area contributed by atoms with Gasteiger partial charge in [0, 0.05) is 18.9 Å². The molecule has 3 rings (SSSR count). The quantitative estimate of drug-likeness (QED) is 0.554. The van der Waals surface area contributed by atoms with Crippen LogP contribution in [0.1, 0.15) is 12.5 Å². The molecule has 0 aliphatic carbocycles. The predicted octanol–water partition coefficient (Wildman–Crippen LogP) is 2.31. The monoisotopic (exact) mass is 384 g/mol. The molecule has 1 aromatic carbocycles. The Hall–Kier alpha value is -2.22. The molecule has 9 heteroatoms. The number of nitrogens with zero attached hydrogens (tertiary/aromatic N) is 1. The van der Waals surface area contributed by atoms with E-state index in [0.29, 0.717) is 28.6 Å². The van der Waals surface area contributed by atoms with E-state index in [-0.39, 0.29) is 19.0 Å². The average molecular weight is 385 g/mol. The van der Waals surface area contributed by atoms with Gasteiger partial charge in [-0.3, -0.25) is 4.79 Å². The number of rotatable bonds is 4. The SMILES string of the molecule is CCOC(=O)C1Nc2cc(-n3ccc(CN)c3)c(Cl)cc2NC1=O.Cl. The number of ether oxygens (including phenoxy) is 1. The first kappa shape index (κ1) is 19.1. The largest absolute Gasteiger partial charge is 0.464 e. The number of amides is 1. The van der Waals surface area contributed by atoms with Crippen molar-refractivity contribution in [2.75, 3.05) is 17.2 Å². The van der Waals surface area contributed by atoms with Crippen LogP contribution in [0.5, 0.6) is 0 Å². The smallest absolute Gasteiger partial charge is 0.338 e. The van der Waals surface area contributed by atoms with Crippen molar-refractivity contribution >= 4 is 47.3 Å². The van der Waals surface area contributed by atoms with Crippen LogP contribution in [0.3, 0.4) is 0 Å². The lowest BCUT2D eigenvalue weighted by atomic mass is 10.1. The van der Waals surface area contributed by atoms with Crippen LogP contribution in [0.2, 0.25) is 5.02 Å². The van der Waals surface area contributed by atoms with E-state index in [1.807, 2.05) is 23.0 Å². The maximum absolute atomic E-state index is 12.0. The van der Waals surface area contributed by atoms with E-state index in [0.717, 1.165) is 5.56 Å². The van der Waals surface area contributed by atoms with Gasteiger partial charge in [-0.05, 0) is 30.7 Å².